The first-order valence-electron chi connectivity index (χ1n) is 9.62. The number of hydrogen-bond donors (Lipinski definition) is 0. The van der Waals surface area contributed by atoms with E-state index < -0.39 is 5.41 Å². The Kier molecular flexibility index (Phi) is 4.68. The quantitative estimate of drug-likeness (QED) is 0.842. The van der Waals surface area contributed by atoms with Gasteiger partial charge >= 0.3 is 0 Å². The molecule has 1 aromatic heterocycles. The molecule has 4 rings (SSSR count). The minimum Gasteiger partial charge on any atom is -0.338 e. The second-order valence-corrected chi connectivity index (χ2v) is 7.76. The molecule has 1 atom stereocenters. The van der Waals surface area contributed by atoms with Crippen LogP contribution in [0.4, 0.5) is 0 Å². The monoisotopic (exact) mass is 363 g/mol. The molecule has 1 spiro atoms. The lowest BCUT2D eigenvalue weighted by Crippen LogP contribution is -2.49. The molecule has 2 fully saturated rings. The van der Waals surface area contributed by atoms with E-state index in [1.165, 1.54) is 0 Å². The molecule has 5 heteroatoms. The Hall–Kier alpha value is -2.69. The lowest BCUT2D eigenvalue weighted by molar-refractivity contribution is -0.138. The van der Waals surface area contributed by atoms with Crippen LogP contribution >= 0.6 is 0 Å². The van der Waals surface area contributed by atoms with Gasteiger partial charge in [0.25, 0.3) is 5.91 Å². The van der Waals surface area contributed by atoms with Gasteiger partial charge in [0.05, 0.1) is 5.41 Å². The van der Waals surface area contributed by atoms with Crippen molar-refractivity contribution in [2.45, 2.75) is 32.7 Å². The molecule has 0 radical (unpaired) electrons. The highest BCUT2D eigenvalue weighted by Crippen LogP contribution is 2.41. The zero-order chi connectivity index (χ0) is 18.9. The molecular formula is C22H25N3O2. The number of hydrogen-bond acceptors (Lipinski definition) is 3. The van der Waals surface area contributed by atoms with Gasteiger partial charge in [-0.05, 0) is 49.4 Å². The van der Waals surface area contributed by atoms with Crippen LogP contribution in [0.3, 0.4) is 0 Å². The summed E-state index contributed by atoms with van der Waals surface area (Å²) in [6.07, 6.45) is 6.13. The fourth-order valence-corrected chi connectivity index (χ4v) is 4.42. The van der Waals surface area contributed by atoms with E-state index in [0.717, 1.165) is 49.0 Å². The van der Waals surface area contributed by atoms with Crippen molar-refractivity contribution in [1.29, 1.82) is 0 Å². The Morgan fingerprint density at radius 2 is 2.00 bits per heavy atom. The summed E-state index contributed by atoms with van der Waals surface area (Å²) in [4.78, 5) is 34.2. The number of pyridine rings is 1. The molecule has 2 aliphatic heterocycles. The number of aromatic nitrogens is 1. The molecule has 0 unspecified atom stereocenters. The maximum atomic E-state index is 13.2. The SMILES string of the molecule is Cc1ccccc1C(=O)N1CCC[C@]2(CCN(Cc3cccnc3)C2=O)C1. The highest BCUT2D eigenvalue weighted by molar-refractivity contribution is 5.96. The van der Waals surface area contributed by atoms with Crippen LogP contribution in [0, 0.1) is 12.3 Å². The van der Waals surface area contributed by atoms with Gasteiger partial charge in [-0.3, -0.25) is 14.6 Å². The van der Waals surface area contributed by atoms with Crippen molar-refractivity contribution in [3.63, 3.8) is 0 Å². The second-order valence-electron chi connectivity index (χ2n) is 7.76. The minimum atomic E-state index is -0.418. The van der Waals surface area contributed by atoms with Crippen LogP contribution in [-0.2, 0) is 11.3 Å². The molecule has 2 aliphatic rings. The standard InChI is InChI=1S/C22H25N3O2/c1-17-6-2-3-8-19(17)20(26)25-12-5-9-22(16-25)10-13-24(21(22)27)15-18-7-4-11-23-14-18/h2-4,6-8,11,14H,5,9-10,12-13,15-16H2,1H3/t22-/m0/s1. The third-order valence-corrected chi connectivity index (χ3v) is 5.94. The molecule has 5 nitrogen and oxygen atoms in total. The van der Waals surface area contributed by atoms with Gasteiger partial charge in [0.2, 0.25) is 5.91 Å². The van der Waals surface area contributed by atoms with Crippen LogP contribution in [-0.4, -0.2) is 46.2 Å². The van der Waals surface area contributed by atoms with Crippen molar-refractivity contribution >= 4 is 11.8 Å². The number of likely N-dealkylation sites (tertiary alicyclic amines) is 2. The van der Waals surface area contributed by atoms with Gasteiger partial charge in [-0.2, -0.15) is 0 Å². The Morgan fingerprint density at radius 1 is 1.15 bits per heavy atom. The van der Waals surface area contributed by atoms with Crippen LogP contribution in [0.5, 0.6) is 0 Å². The summed E-state index contributed by atoms with van der Waals surface area (Å²) in [5.41, 5.74) is 2.36. The first-order chi connectivity index (χ1) is 13.1. The summed E-state index contributed by atoms with van der Waals surface area (Å²) >= 11 is 0. The van der Waals surface area contributed by atoms with Crippen molar-refractivity contribution in [2.75, 3.05) is 19.6 Å². The van der Waals surface area contributed by atoms with Gasteiger partial charge < -0.3 is 9.80 Å². The van der Waals surface area contributed by atoms with E-state index in [2.05, 4.69) is 4.98 Å². The van der Waals surface area contributed by atoms with Crippen molar-refractivity contribution < 1.29 is 9.59 Å². The molecule has 27 heavy (non-hydrogen) atoms. The maximum Gasteiger partial charge on any atom is 0.254 e. The zero-order valence-electron chi connectivity index (χ0n) is 15.7. The van der Waals surface area contributed by atoms with Gasteiger partial charge in [-0.25, -0.2) is 0 Å². The summed E-state index contributed by atoms with van der Waals surface area (Å²) < 4.78 is 0. The maximum absolute atomic E-state index is 13.2. The van der Waals surface area contributed by atoms with Gasteiger partial charge in [-0.15, -0.1) is 0 Å². The normalized spacial score (nSPS) is 22.5. The van der Waals surface area contributed by atoms with E-state index in [1.807, 2.05) is 59.3 Å². The molecule has 2 amide bonds. The number of piperidine rings is 1. The third-order valence-electron chi connectivity index (χ3n) is 5.94. The van der Waals surface area contributed by atoms with Crippen molar-refractivity contribution in [3.8, 4) is 0 Å². The zero-order valence-corrected chi connectivity index (χ0v) is 15.7. The number of nitrogens with zero attached hydrogens (tertiary/aromatic N) is 3. The van der Waals surface area contributed by atoms with Gasteiger partial charge in [0, 0.05) is 44.1 Å². The molecule has 1 aromatic carbocycles. The van der Waals surface area contributed by atoms with Gasteiger partial charge in [0.15, 0.2) is 0 Å². The Morgan fingerprint density at radius 3 is 2.78 bits per heavy atom. The number of amides is 2. The highest BCUT2D eigenvalue weighted by atomic mass is 16.2. The van der Waals surface area contributed by atoms with Crippen molar-refractivity contribution in [1.82, 2.24) is 14.8 Å². The van der Waals surface area contributed by atoms with Crippen LogP contribution in [0.1, 0.15) is 40.7 Å². The number of carbonyl (C=O) groups excluding carboxylic acids is 2. The molecule has 0 N–H and O–H groups in total. The van der Waals surface area contributed by atoms with Crippen LogP contribution < -0.4 is 0 Å². The molecule has 3 heterocycles. The summed E-state index contributed by atoms with van der Waals surface area (Å²) in [5.74, 6) is 0.235. The Balaban J connectivity index is 1.50. The first-order valence-corrected chi connectivity index (χ1v) is 9.62. The lowest BCUT2D eigenvalue weighted by atomic mass is 9.78. The van der Waals surface area contributed by atoms with E-state index in [-0.39, 0.29) is 11.8 Å². The van der Waals surface area contributed by atoms with E-state index in [4.69, 9.17) is 0 Å². The highest BCUT2D eigenvalue weighted by Gasteiger charge is 2.49. The average Bonchev–Trinajstić information content (AvgIpc) is 2.98. The molecular weight excluding hydrogens is 338 g/mol. The molecule has 2 aromatic rings. The predicted octanol–water partition coefficient (Wildman–Crippen LogP) is 3.04. The van der Waals surface area contributed by atoms with Crippen LogP contribution in [0.2, 0.25) is 0 Å². The number of aryl methyl sites for hydroxylation is 1. The van der Waals surface area contributed by atoms with E-state index in [0.29, 0.717) is 13.1 Å². The van der Waals surface area contributed by atoms with Crippen LogP contribution in [0.25, 0.3) is 0 Å². The summed E-state index contributed by atoms with van der Waals surface area (Å²) in [6, 6.07) is 11.6. The summed E-state index contributed by atoms with van der Waals surface area (Å²) in [6.45, 7) is 4.57. The first kappa shape index (κ1) is 17.7. The topological polar surface area (TPSA) is 53.5 Å². The van der Waals surface area contributed by atoms with E-state index in [9.17, 15) is 9.59 Å². The minimum absolute atomic E-state index is 0.0469. The number of rotatable bonds is 3. The second kappa shape index (κ2) is 7.14. The van der Waals surface area contributed by atoms with Gasteiger partial charge in [-0.1, -0.05) is 24.3 Å². The fraction of sp³-hybridized carbons (Fsp3) is 0.409. The van der Waals surface area contributed by atoms with Crippen LogP contribution in [0.15, 0.2) is 48.8 Å². The van der Waals surface area contributed by atoms with E-state index in [1.54, 1.807) is 6.20 Å². The number of carbonyl (C=O) groups is 2. The smallest absolute Gasteiger partial charge is 0.254 e. The number of benzene rings is 1. The van der Waals surface area contributed by atoms with Crippen molar-refractivity contribution in [3.05, 3.63) is 65.5 Å². The molecule has 0 saturated carbocycles. The Labute approximate surface area is 160 Å². The molecule has 140 valence electrons. The Bertz CT molecular complexity index is 852. The molecule has 0 bridgehead atoms. The molecule has 0 aliphatic carbocycles. The predicted molar refractivity (Wildman–Crippen MR) is 103 cm³/mol. The largest absolute Gasteiger partial charge is 0.338 e. The summed E-state index contributed by atoms with van der Waals surface area (Å²) in [7, 11) is 0. The molecule has 2 saturated heterocycles. The van der Waals surface area contributed by atoms with Gasteiger partial charge in [0.1, 0.15) is 0 Å². The van der Waals surface area contributed by atoms with Crippen molar-refractivity contribution in [2.24, 2.45) is 5.41 Å². The average molecular weight is 363 g/mol. The lowest BCUT2D eigenvalue weighted by Gasteiger charge is -2.39. The summed E-state index contributed by atoms with van der Waals surface area (Å²) in [5, 5.41) is 0. The van der Waals surface area contributed by atoms with E-state index >= 15 is 0 Å². The fourth-order valence-electron chi connectivity index (χ4n) is 4.42. The third kappa shape index (κ3) is 3.34.